The minimum absolute atomic E-state index is 0.0993. The van der Waals surface area contributed by atoms with E-state index < -0.39 is 0 Å². The van der Waals surface area contributed by atoms with Crippen LogP contribution in [0.4, 0.5) is 0 Å². The number of nitrogens with zero attached hydrogens (tertiary/aromatic N) is 3. The average Bonchev–Trinajstić information content (AvgIpc) is 3.38. The molecular weight excluding hydrogens is 372 g/mol. The van der Waals surface area contributed by atoms with E-state index in [4.69, 9.17) is 4.42 Å². The third kappa shape index (κ3) is 4.62. The minimum Gasteiger partial charge on any atom is -0.461 e. The predicted molar refractivity (Wildman–Crippen MR) is 110 cm³/mol. The van der Waals surface area contributed by atoms with Gasteiger partial charge in [-0.15, -0.1) is 10.2 Å². The van der Waals surface area contributed by atoms with Crippen molar-refractivity contribution in [3.63, 3.8) is 0 Å². The fraction of sp³-hybridized carbons (Fsp3) is 0.667. The number of nitrogens with one attached hydrogen (secondary N) is 1. The van der Waals surface area contributed by atoms with Crippen molar-refractivity contribution >= 4 is 17.7 Å². The van der Waals surface area contributed by atoms with Crippen LogP contribution in [-0.4, -0.2) is 32.5 Å². The standard InChI is InChI=1S/C21H30N4O2S/c1-15-9-11-16(12-10-15)22-19(26)14-28-21-24-23-20(18-8-5-13-27-18)25(21)17-6-3-2-4-7-17/h5,8,13,15-17H,2-4,6-7,9-12,14H2,1H3,(H,22,26). The van der Waals surface area contributed by atoms with Crippen LogP contribution >= 0.6 is 11.8 Å². The van der Waals surface area contributed by atoms with E-state index in [1.807, 2.05) is 12.1 Å². The molecule has 152 valence electrons. The molecule has 2 aromatic heterocycles. The van der Waals surface area contributed by atoms with Gasteiger partial charge in [-0.2, -0.15) is 0 Å². The van der Waals surface area contributed by atoms with E-state index in [1.165, 1.54) is 43.9 Å². The number of thioether (sulfide) groups is 1. The lowest BCUT2D eigenvalue weighted by atomic mass is 9.87. The number of carbonyl (C=O) groups excluding carboxylic acids is 1. The highest BCUT2D eigenvalue weighted by Crippen LogP contribution is 2.35. The highest BCUT2D eigenvalue weighted by atomic mass is 32.2. The molecule has 28 heavy (non-hydrogen) atoms. The second-order valence-corrected chi connectivity index (χ2v) is 9.20. The van der Waals surface area contributed by atoms with Crippen LogP contribution in [0.3, 0.4) is 0 Å². The molecule has 2 fully saturated rings. The van der Waals surface area contributed by atoms with Crippen LogP contribution in [0.15, 0.2) is 28.0 Å². The molecule has 0 bridgehead atoms. The number of amides is 1. The van der Waals surface area contributed by atoms with Crippen LogP contribution in [0.5, 0.6) is 0 Å². The summed E-state index contributed by atoms with van der Waals surface area (Å²) in [6, 6.07) is 4.52. The van der Waals surface area contributed by atoms with Crippen LogP contribution in [0, 0.1) is 5.92 Å². The number of aromatic nitrogens is 3. The van der Waals surface area contributed by atoms with E-state index in [-0.39, 0.29) is 5.91 Å². The van der Waals surface area contributed by atoms with E-state index in [0.717, 1.165) is 48.3 Å². The second-order valence-electron chi connectivity index (χ2n) is 8.26. The van der Waals surface area contributed by atoms with Gasteiger partial charge in [-0.25, -0.2) is 0 Å². The largest absolute Gasteiger partial charge is 0.461 e. The summed E-state index contributed by atoms with van der Waals surface area (Å²) in [4.78, 5) is 12.5. The Morgan fingerprint density at radius 3 is 2.68 bits per heavy atom. The van der Waals surface area contributed by atoms with Gasteiger partial charge in [0.05, 0.1) is 12.0 Å². The molecule has 4 rings (SSSR count). The molecule has 0 unspecified atom stereocenters. The maximum Gasteiger partial charge on any atom is 0.230 e. The third-order valence-corrected chi connectivity index (χ3v) is 7.00. The lowest BCUT2D eigenvalue weighted by molar-refractivity contribution is -0.119. The molecule has 7 heteroatoms. The Kier molecular flexibility index (Phi) is 6.40. The third-order valence-electron chi connectivity index (χ3n) is 6.06. The Morgan fingerprint density at radius 2 is 1.96 bits per heavy atom. The Labute approximate surface area is 170 Å². The molecule has 6 nitrogen and oxygen atoms in total. The van der Waals surface area contributed by atoms with Crippen molar-refractivity contribution in [2.75, 3.05) is 5.75 Å². The summed E-state index contributed by atoms with van der Waals surface area (Å²) in [6.07, 6.45) is 12.3. The van der Waals surface area contributed by atoms with Gasteiger partial charge in [0, 0.05) is 12.1 Å². The fourth-order valence-corrected chi connectivity index (χ4v) is 5.24. The Balaban J connectivity index is 1.43. The van der Waals surface area contributed by atoms with Crippen LogP contribution < -0.4 is 5.32 Å². The first kappa shape index (κ1) is 19.6. The summed E-state index contributed by atoms with van der Waals surface area (Å²) in [7, 11) is 0. The van der Waals surface area contributed by atoms with Gasteiger partial charge < -0.3 is 9.73 Å². The molecule has 2 aliphatic rings. The Bertz CT molecular complexity index is 759. The number of carbonyl (C=O) groups is 1. The first-order chi connectivity index (χ1) is 13.7. The first-order valence-corrected chi connectivity index (χ1v) is 11.6. The van der Waals surface area contributed by atoms with Gasteiger partial charge in [-0.3, -0.25) is 9.36 Å². The van der Waals surface area contributed by atoms with E-state index >= 15 is 0 Å². The summed E-state index contributed by atoms with van der Waals surface area (Å²) in [5.41, 5.74) is 0. The first-order valence-electron chi connectivity index (χ1n) is 10.6. The molecule has 2 saturated carbocycles. The van der Waals surface area contributed by atoms with Crippen molar-refractivity contribution in [2.45, 2.75) is 82.0 Å². The Morgan fingerprint density at radius 1 is 1.18 bits per heavy atom. The highest BCUT2D eigenvalue weighted by Gasteiger charge is 2.26. The molecule has 0 spiro atoms. The van der Waals surface area contributed by atoms with Crippen LogP contribution in [0.2, 0.25) is 0 Å². The molecule has 1 N–H and O–H groups in total. The molecule has 0 radical (unpaired) electrons. The minimum atomic E-state index is 0.0993. The number of hydrogen-bond donors (Lipinski definition) is 1. The van der Waals surface area contributed by atoms with Gasteiger partial charge in [0.1, 0.15) is 0 Å². The molecular formula is C21H30N4O2S. The summed E-state index contributed by atoms with van der Waals surface area (Å²) >= 11 is 1.49. The summed E-state index contributed by atoms with van der Waals surface area (Å²) in [6.45, 7) is 2.29. The van der Waals surface area contributed by atoms with Gasteiger partial charge in [0.25, 0.3) is 0 Å². The van der Waals surface area contributed by atoms with Crippen molar-refractivity contribution in [3.05, 3.63) is 18.4 Å². The average molecular weight is 403 g/mol. The van der Waals surface area contributed by atoms with E-state index in [2.05, 4.69) is 27.0 Å². The smallest absolute Gasteiger partial charge is 0.230 e. The van der Waals surface area contributed by atoms with E-state index in [9.17, 15) is 4.79 Å². The summed E-state index contributed by atoms with van der Waals surface area (Å²) < 4.78 is 7.79. The van der Waals surface area contributed by atoms with Gasteiger partial charge in [0.2, 0.25) is 11.7 Å². The molecule has 0 saturated heterocycles. The molecule has 0 aromatic carbocycles. The molecule has 2 aromatic rings. The normalized spacial score (nSPS) is 23.6. The maximum atomic E-state index is 12.5. The predicted octanol–water partition coefficient (Wildman–Crippen LogP) is 4.83. The van der Waals surface area contributed by atoms with E-state index in [1.54, 1.807) is 6.26 Å². The topological polar surface area (TPSA) is 73.0 Å². The maximum absolute atomic E-state index is 12.5. The second kappa shape index (κ2) is 9.16. The van der Waals surface area contributed by atoms with Crippen molar-refractivity contribution in [1.82, 2.24) is 20.1 Å². The number of hydrogen-bond acceptors (Lipinski definition) is 5. The fourth-order valence-electron chi connectivity index (χ4n) is 4.42. The highest BCUT2D eigenvalue weighted by molar-refractivity contribution is 7.99. The Hall–Kier alpha value is -1.76. The molecule has 0 aliphatic heterocycles. The zero-order valence-electron chi connectivity index (χ0n) is 16.6. The van der Waals surface area contributed by atoms with Gasteiger partial charge >= 0.3 is 0 Å². The van der Waals surface area contributed by atoms with Crippen LogP contribution in [0.1, 0.15) is 70.8 Å². The number of rotatable bonds is 6. The van der Waals surface area contributed by atoms with Crippen molar-refractivity contribution in [1.29, 1.82) is 0 Å². The lowest BCUT2D eigenvalue weighted by Crippen LogP contribution is -2.38. The van der Waals surface area contributed by atoms with Gasteiger partial charge in [-0.1, -0.05) is 37.9 Å². The van der Waals surface area contributed by atoms with E-state index in [0.29, 0.717) is 17.8 Å². The summed E-state index contributed by atoms with van der Waals surface area (Å²) in [5.74, 6) is 2.79. The quantitative estimate of drug-likeness (QED) is 0.701. The summed E-state index contributed by atoms with van der Waals surface area (Å²) in [5, 5.41) is 12.8. The number of furan rings is 1. The lowest BCUT2D eigenvalue weighted by Gasteiger charge is -2.27. The van der Waals surface area contributed by atoms with Gasteiger partial charge in [0.15, 0.2) is 10.9 Å². The van der Waals surface area contributed by atoms with Crippen LogP contribution in [0.25, 0.3) is 11.6 Å². The SMILES string of the molecule is CC1CCC(NC(=O)CSc2nnc(-c3ccco3)n2C2CCCCC2)CC1. The monoisotopic (exact) mass is 402 g/mol. The van der Waals surface area contributed by atoms with Crippen molar-refractivity contribution in [2.24, 2.45) is 5.92 Å². The zero-order chi connectivity index (χ0) is 19.3. The van der Waals surface area contributed by atoms with Crippen molar-refractivity contribution in [3.8, 4) is 11.6 Å². The zero-order valence-corrected chi connectivity index (χ0v) is 17.4. The molecule has 2 aliphatic carbocycles. The molecule has 2 heterocycles. The van der Waals surface area contributed by atoms with Gasteiger partial charge in [-0.05, 0) is 56.6 Å². The molecule has 1 amide bonds. The molecule has 0 atom stereocenters. The van der Waals surface area contributed by atoms with Crippen molar-refractivity contribution < 1.29 is 9.21 Å². The van der Waals surface area contributed by atoms with Crippen LogP contribution in [-0.2, 0) is 4.79 Å².